The highest BCUT2D eigenvalue weighted by molar-refractivity contribution is 7.13. The van der Waals surface area contributed by atoms with Crippen molar-refractivity contribution >= 4 is 28.3 Å². The second kappa shape index (κ2) is 9.52. The van der Waals surface area contributed by atoms with Crippen LogP contribution in [0.15, 0.2) is 35.7 Å². The van der Waals surface area contributed by atoms with Crippen LogP contribution in [0, 0.1) is 11.3 Å². The number of thiazole rings is 1. The fraction of sp³-hybridized carbons (Fsp3) is 0.429. The van der Waals surface area contributed by atoms with E-state index in [2.05, 4.69) is 16.4 Å². The molecule has 0 aliphatic heterocycles. The molecule has 0 spiro atoms. The minimum Gasteiger partial charge on any atom is -0.451 e. The Morgan fingerprint density at radius 1 is 1.28 bits per heavy atom. The van der Waals surface area contributed by atoms with Crippen LogP contribution in [-0.4, -0.2) is 41.0 Å². The molecule has 1 heterocycles. The Morgan fingerprint density at radius 3 is 2.69 bits per heavy atom. The van der Waals surface area contributed by atoms with Crippen LogP contribution >= 0.6 is 11.3 Å². The van der Waals surface area contributed by atoms with Crippen molar-refractivity contribution in [2.45, 2.75) is 44.2 Å². The topological polar surface area (TPSA) is 95.3 Å². The third-order valence-corrected chi connectivity index (χ3v) is 6.03. The number of ether oxygens (including phenoxy) is 1. The van der Waals surface area contributed by atoms with Gasteiger partial charge in [-0.1, -0.05) is 49.6 Å². The van der Waals surface area contributed by atoms with Gasteiger partial charge in [0, 0.05) is 19.0 Å². The predicted molar refractivity (Wildman–Crippen MR) is 110 cm³/mol. The van der Waals surface area contributed by atoms with Crippen molar-refractivity contribution in [1.82, 2.24) is 9.88 Å². The molecule has 0 bridgehead atoms. The Morgan fingerprint density at radius 2 is 2.00 bits per heavy atom. The Labute approximate surface area is 174 Å². The molecule has 8 heteroatoms. The van der Waals surface area contributed by atoms with Crippen LogP contribution in [0.5, 0.6) is 0 Å². The maximum atomic E-state index is 12.5. The van der Waals surface area contributed by atoms with Crippen LogP contribution in [0.1, 0.15) is 48.2 Å². The maximum Gasteiger partial charge on any atom is 0.358 e. The third-order valence-electron chi connectivity index (χ3n) is 5.23. The van der Waals surface area contributed by atoms with Gasteiger partial charge in [-0.25, -0.2) is 9.78 Å². The molecule has 0 saturated heterocycles. The maximum absolute atomic E-state index is 12.5. The summed E-state index contributed by atoms with van der Waals surface area (Å²) >= 11 is 1.30. The quantitative estimate of drug-likeness (QED) is 0.698. The fourth-order valence-electron chi connectivity index (χ4n) is 3.42. The molecule has 1 aliphatic carbocycles. The molecule has 1 aromatic heterocycles. The number of esters is 1. The summed E-state index contributed by atoms with van der Waals surface area (Å²) in [5.41, 5.74) is 0.472. The molecule has 0 atom stereocenters. The molecule has 1 saturated carbocycles. The van der Waals surface area contributed by atoms with Gasteiger partial charge in [-0.2, -0.15) is 5.26 Å². The number of nitrogens with zero attached hydrogens (tertiary/aromatic N) is 3. The van der Waals surface area contributed by atoms with Gasteiger partial charge in [0.05, 0.1) is 6.07 Å². The van der Waals surface area contributed by atoms with Gasteiger partial charge in [-0.3, -0.25) is 4.79 Å². The molecule has 1 amide bonds. The number of carbonyl (C=O) groups excluding carboxylic acids is 2. The van der Waals surface area contributed by atoms with E-state index in [1.807, 2.05) is 30.3 Å². The zero-order valence-corrected chi connectivity index (χ0v) is 17.2. The number of rotatable bonds is 7. The summed E-state index contributed by atoms with van der Waals surface area (Å²) < 4.78 is 5.14. The molecule has 7 nitrogen and oxygen atoms in total. The first kappa shape index (κ1) is 20.8. The first-order valence-electron chi connectivity index (χ1n) is 9.62. The lowest BCUT2D eigenvalue weighted by molar-refractivity contribution is -0.138. The average Bonchev–Trinajstić information content (AvgIpc) is 3.25. The van der Waals surface area contributed by atoms with Gasteiger partial charge in [0.25, 0.3) is 5.91 Å². The van der Waals surface area contributed by atoms with Gasteiger partial charge in [-0.05, 0) is 18.4 Å². The molecule has 29 heavy (non-hydrogen) atoms. The first-order valence-corrected chi connectivity index (χ1v) is 10.5. The highest BCUT2D eigenvalue weighted by atomic mass is 32.1. The van der Waals surface area contributed by atoms with Gasteiger partial charge in [-0.15, -0.1) is 11.3 Å². The van der Waals surface area contributed by atoms with Crippen molar-refractivity contribution in [1.29, 1.82) is 5.26 Å². The van der Waals surface area contributed by atoms with E-state index in [9.17, 15) is 14.9 Å². The number of hydrogen-bond acceptors (Lipinski definition) is 7. The normalized spacial score (nSPS) is 15.2. The van der Waals surface area contributed by atoms with E-state index in [-0.39, 0.29) is 11.6 Å². The Bertz CT molecular complexity index is 885. The second-order valence-corrected chi connectivity index (χ2v) is 7.97. The predicted octanol–water partition coefficient (Wildman–Crippen LogP) is 3.60. The van der Waals surface area contributed by atoms with Crippen molar-refractivity contribution in [3.63, 3.8) is 0 Å². The summed E-state index contributed by atoms with van der Waals surface area (Å²) in [6, 6.07) is 12.2. The minimum absolute atomic E-state index is 0.161. The lowest BCUT2D eigenvalue weighted by Gasteiger charge is -2.38. The molecule has 152 valence electrons. The van der Waals surface area contributed by atoms with Gasteiger partial charge >= 0.3 is 5.97 Å². The number of benzene rings is 1. The van der Waals surface area contributed by atoms with E-state index in [4.69, 9.17) is 4.74 Å². The number of aromatic nitrogens is 1. The molecule has 1 aromatic carbocycles. The molecule has 1 N–H and O–H groups in total. The zero-order chi connectivity index (χ0) is 20.7. The largest absolute Gasteiger partial charge is 0.451 e. The minimum atomic E-state index is -0.795. The summed E-state index contributed by atoms with van der Waals surface area (Å²) in [5.74, 6) is -1.02. The Kier molecular flexibility index (Phi) is 6.83. The van der Waals surface area contributed by atoms with Crippen LogP contribution in [0.25, 0.3) is 0 Å². The average molecular weight is 413 g/mol. The summed E-state index contributed by atoms with van der Waals surface area (Å²) in [6.45, 7) is 0.200. The third kappa shape index (κ3) is 5.12. The number of carbonyl (C=O) groups is 2. The molecular weight excluding hydrogens is 388 g/mol. The Hall–Kier alpha value is -2.92. The van der Waals surface area contributed by atoms with Gasteiger partial charge < -0.3 is 15.0 Å². The van der Waals surface area contributed by atoms with E-state index in [0.29, 0.717) is 24.5 Å². The second-order valence-electron chi connectivity index (χ2n) is 7.11. The van der Waals surface area contributed by atoms with Crippen molar-refractivity contribution in [3.8, 4) is 6.07 Å². The van der Waals surface area contributed by atoms with Crippen molar-refractivity contribution in [3.05, 3.63) is 47.0 Å². The van der Waals surface area contributed by atoms with Crippen LogP contribution in [0.2, 0.25) is 0 Å². The number of amides is 1. The summed E-state index contributed by atoms with van der Waals surface area (Å²) in [6.07, 6.45) is 4.22. The number of likely N-dealkylation sites (N-methyl/N-ethyl adjacent to an activating group) is 1. The number of nitrogens with one attached hydrogen (secondary N) is 1. The summed E-state index contributed by atoms with van der Waals surface area (Å²) in [7, 11) is 1.61. The molecular formula is C21H24N4O3S. The summed E-state index contributed by atoms with van der Waals surface area (Å²) in [4.78, 5) is 30.4. The van der Waals surface area contributed by atoms with Crippen LogP contribution < -0.4 is 5.32 Å². The van der Waals surface area contributed by atoms with Crippen LogP contribution in [0.4, 0.5) is 5.13 Å². The highest BCUT2D eigenvalue weighted by Gasteiger charge is 2.39. The van der Waals surface area contributed by atoms with Crippen molar-refractivity contribution < 1.29 is 14.3 Å². The van der Waals surface area contributed by atoms with E-state index in [1.165, 1.54) is 16.2 Å². The molecule has 2 aromatic rings. The fourth-order valence-corrected chi connectivity index (χ4v) is 4.10. The van der Waals surface area contributed by atoms with E-state index >= 15 is 0 Å². The molecule has 1 fully saturated rings. The van der Waals surface area contributed by atoms with Crippen molar-refractivity contribution in [2.24, 2.45) is 0 Å². The van der Waals surface area contributed by atoms with E-state index in [1.54, 1.807) is 12.4 Å². The number of nitriles is 1. The smallest absolute Gasteiger partial charge is 0.358 e. The Balaban J connectivity index is 1.51. The number of hydrogen-bond donors (Lipinski definition) is 1. The number of anilines is 1. The lowest BCUT2D eigenvalue weighted by Crippen LogP contribution is -2.51. The monoisotopic (exact) mass is 412 g/mol. The molecule has 3 rings (SSSR count). The molecule has 1 aliphatic rings. The highest BCUT2D eigenvalue weighted by Crippen LogP contribution is 2.32. The summed E-state index contributed by atoms with van der Waals surface area (Å²) in [5, 5.41) is 15.0. The van der Waals surface area contributed by atoms with E-state index in [0.717, 1.165) is 24.8 Å². The standard InChI is InChI=1S/C21H24N4O3S/c1-25(21(15-22)10-6-3-7-11-21)18(26)13-28-19(27)17-14-29-20(24-17)23-12-16-8-4-2-5-9-16/h2,4-5,8-9,14H,3,6-7,10-13H2,1H3,(H,23,24). The SMILES string of the molecule is CN(C(=O)COC(=O)c1csc(NCc2ccccc2)n1)C1(C#N)CCCCC1. The van der Waals surface area contributed by atoms with Crippen molar-refractivity contribution in [2.75, 3.05) is 19.0 Å². The van der Waals surface area contributed by atoms with Gasteiger partial charge in [0.15, 0.2) is 17.4 Å². The molecule has 0 unspecified atom stereocenters. The van der Waals surface area contributed by atoms with Crippen LogP contribution in [-0.2, 0) is 16.1 Å². The first-order chi connectivity index (χ1) is 14.0. The van der Waals surface area contributed by atoms with Gasteiger partial charge in [0.1, 0.15) is 5.54 Å². The zero-order valence-electron chi connectivity index (χ0n) is 16.4. The van der Waals surface area contributed by atoms with Crippen LogP contribution in [0.3, 0.4) is 0 Å². The molecule has 0 radical (unpaired) electrons. The van der Waals surface area contributed by atoms with E-state index < -0.39 is 18.1 Å². The van der Waals surface area contributed by atoms with Gasteiger partial charge in [0.2, 0.25) is 0 Å². The lowest BCUT2D eigenvalue weighted by atomic mass is 9.81.